The first kappa shape index (κ1) is 28.3. The summed E-state index contributed by atoms with van der Waals surface area (Å²) >= 11 is 0. The molecule has 6 rings (SSSR count). The molecule has 1 N–H and O–H groups in total. The largest absolute Gasteiger partial charge is 0.462 e. The number of esters is 1. The van der Waals surface area contributed by atoms with E-state index in [1.54, 1.807) is 13.0 Å². The molecule has 3 aromatic carbocycles. The lowest BCUT2D eigenvalue weighted by molar-refractivity contribution is 0.0526. The van der Waals surface area contributed by atoms with E-state index in [1.807, 2.05) is 47.1 Å². The van der Waals surface area contributed by atoms with Crippen molar-refractivity contribution in [2.75, 3.05) is 6.61 Å². The van der Waals surface area contributed by atoms with Crippen LogP contribution >= 0.6 is 0 Å². The van der Waals surface area contributed by atoms with Gasteiger partial charge < -0.3 is 4.74 Å². The predicted molar refractivity (Wildman–Crippen MR) is 165 cm³/mol. The van der Waals surface area contributed by atoms with Gasteiger partial charge in [-0.2, -0.15) is 5.21 Å². The van der Waals surface area contributed by atoms with Crippen LogP contribution in [0.15, 0.2) is 77.6 Å². The van der Waals surface area contributed by atoms with Gasteiger partial charge in [-0.3, -0.25) is 9.48 Å². The first-order chi connectivity index (χ1) is 21.0. The number of ether oxygens (including phenoxy) is 1. The Kier molecular flexibility index (Phi) is 8.05. The van der Waals surface area contributed by atoms with E-state index in [-0.39, 0.29) is 23.6 Å². The number of carbonyl (C=O) groups is 1. The van der Waals surface area contributed by atoms with Gasteiger partial charge in [0.05, 0.1) is 18.2 Å². The summed E-state index contributed by atoms with van der Waals surface area (Å²) in [5.41, 5.74) is 7.51. The quantitative estimate of drug-likeness (QED) is 0.211. The molecular weight excluding hydrogens is 540 g/mol. The van der Waals surface area contributed by atoms with Crippen molar-refractivity contribution in [2.24, 2.45) is 0 Å². The summed E-state index contributed by atoms with van der Waals surface area (Å²) in [6.07, 6.45) is 4.10. The second-order valence-corrected chi connectivity index (χ2v) is 11.1. The number of tetrazole rings is 1. The lowest BCUT2D eigenvalue weighted by atomic mass is 9.96. The molecule has 9 heteroatoms. The Hall–Kier alpha value is -4.79. The van der Waals surface area contributed by atoms with Gasteiger partial charge in [-0.25, -0.2) is 9.48 Å². The van der Waals surface area contributed by atoms with Crippen LogP contribution in [0.3, 0.4) is 0 Å². The van der Waals surface area contributed by atoms with Crippen LogP contribution in [0.2, 0.25) is 0 Å². The number of aromatic nitrogens is 6. The average Bonchev–Trinajstić information content (AvgIpc) is 3.66. The fourth-order valence-electron chi connectivity index (χ4n) is 6.33. The van der Waals surface area contributed by atoms with E-state index in [0.717, 1.165) is 64.8 Å². The fourth-order valence-corrected chi connectivity index (χ4v) is 6.33. The Morgan fingerprint density at radius 2 is 1.77 bits per heavy atom. The smallest absolute Gasteiger partial charge is 0.338 e. The van der Waals surface area contributed by atoms with E-state index >= 15 is 0 Å². The summed E-state index contributed by atoms with van der Waals surface area (Å²) < 4.78 is 9.43. The van der Waals surface area contributed by atoms with E-state index in [4.69, 9.17) is 4.74 Å². The van der Waals surface area contributed by atoms with Gasteiger partial charge in [-0.1, -0.05) is 74.0 Å². The van der Waals surface area contributed by atoms with E-state index in [9.17, 15) is 9.59 Å². The minimum atomic E-state index is -0.341. The van der Waals surface area contributed by atoms with Crippen LogP contribution < -0.4 is 5.56 Å². The summed E-state index contributed by atoms with van der Waals surface area (Å²) in [6, 6.07) is 24.0. The van der Waals surface area contributed by atoms with Crippen LogP contribution in [0, 0.1) is 0 Å². The minimum Gasteiger partial charge on any atom is -0.462 e. The van der Waals surface area contributed by atoms with Crippen LogP contribution in [0.5, 0.6) is 0 Å². The molecule has 0 bridgehead atoms. The Labute approximate surface area is 250 Å². The van der Waals surface area contributed by atoms with Crippen LogP contribution in [-0.4, -0.2) is 42.6 Å². The molecule has 2 unspecified atom stereocenters. The molecule has 0 spiro atoms. The van der Waals surface area contributed by atoms with Crippen LogP contribution in [0.1, 0.15) is 84.9 Å². The summed E-state index contributed by atoms with van der Waals surface area (Å²) in [4.78, 5) is 26.7. The summed E-state index contributed by atoms with van der Waals surface area (Å²) in [5, 5.41) is 14.6. The Bertz CT molecular complexity index is 1790. The first-order valence-electron chi connectivity index (χ1n) is 15.0. The summed E-state index contributed by atoms with van der Waals surface area (Å²) in [7, 11) is 0. The molecule has 0 aliphatic carbocycles. The van der Waals surface area contributed by atoms with Crippen LogP contribution in [-0.2, 0) is 17.6 Å². The standard InChI is InChI=1S/C34H36N6O3/c1-4-9-31-29(20-23-15-17-24(18-16-23)27-12-6-7-13-28(27)32-35-37-38-36-32)33(41)40-30(19-14-22(3)39(31)40)25-10-8-11-26(21-25)34(42)43-5-2/h6-8,10-13,15-18,21-22,30H,4-5,9,14,19-20H2,1-3H3,(H,35,36,37,38). The van der Waals surface area contributed by atoms with E-state index in [0.29, 0.717) is 24.4 Å². The van der Waals surface area contributed by atoms with Gasteiger partial charge in [0, 0.05) is 29.3 Å². The number of aromatic amines is 1. The highest BCUT2D eigenvalue weighted by molar-refractivity contribution is 5.89. The monoisotopic (exact) mass is 576 g/mol. The molecule has 3 heterocycles. The van der Waals surface area contributed by atoms with Crippen LogP contribution in [0.4, 0.5) is 0 Å². The zero-order chi connectivity index (χ0) is 29.9. The first-order valence-corrected chi connectivity index (χ1v) is 15.0. The third-order valence-electron chi connectivity index (χ3n) is 8.32. The molecule has 1 aliphatic heterocycles. The van der Waals surface area contributed by atoms with E-state index in [1.165, 1.54) is 0 Å². The minimum absolute atomic E-state index is 0.0491. The number of H-pyrrole nitrogens is 1. The SMILES string of the molecule is CCCc1c(Cc2ccc(-c3ccccc3-c3nn[nH]n3)cc2)c(=O)n2n1C(C)CCC2c1cccc(C(=O)OCC)c1. The van der Waals surface area contributed by atoms with Crippen molar-refractivity contribution < 1.29 is 9.53 Å². The van der Waals surface area contributed by atoms with Gasteiger partial charge in [0.25, 0.3) is 5.56 Å². The van der Waals surface area contributed by atoms with Gasteiger partial charge in [0.15, 0.2) is 0 Å². The Balaban J connectivity index is 1.36. The maximum Gasteiger partial charge on any atom is 0.338 e. The summed E-state index contributed by atoms with van der Waals surface area (Å²) in [6.45, 7) is 6.47. The molecule has 0 saturated heterocycles. The number of rotatable bonds is 9. The Morgan fingerprint density at radius 3 is 2.49 bits per heavy atom. The van der Waals surface area contributed by atoms with Gasteiger partial charge in [0.1, 0.15) is 0 Å². The molecule has 2 aromatic heterocycles. The number of nitrogens with zero attached hydrogens (tertiary/aromatic N) is 5. The van der Waals surface area contributed by atoms with Crippen molar-refractivity contribution in [3.05, 3.63) is 111 Å². The topological polar surface area (TPSA) is 108 Å². The highest BCUT2D eigenvalue weighted by atomic mass is 16.5. The maximum atomic E-state index is 14.3. The number of hydrogen-bond acceptors (Lipinski definition) is 6. The van der Waals surface area contributed by atoms with Gasteiger partial charge in [-0.15, -0.1) is 10.2 Å². The van der Waals surface area contributed by atoms with Crippen molar-refractivity contribution in [2.45, 2.75) is 65.0 Å². The van der Waals surface area contributed by atoms with Crippen LogP contribution in [0.25, 0.3) is 22.5 Å². The average molecular weight is 577 g/mol. The summed E-state index contributed by atoms with van der Waals surface area (Å²) in [5.74, 6) is 0.208. The lowest BCUT2D eigenvalue weighted by Crippen LogP contribution is -2.35. The molecular formula is C34H36N6O3. The number of hydrogen-bond donors (Lipinski definition) is 1. The molecule has 0 radical (unpaired) electrons. The Morgan fingerprint density at radius 1 is 0.977 bits per heavy atom. The molecule has 0 fully saturated rings. The zero-order valence-electron chi connectivity index (χ0n) is 24.8. The van der Waals surface area contributed by atoms with Gasteiger partial charge >= 0.3 is 5.97 Å². The number of carbonyl (C=O) groups excluding carboxylic acids is 1. The second kappa shape index (κ2) is 12.2. The van der Waals surface area contributed by atoms with E-state index in [2.05, 4.69) is 63.4 Å². The molecule has 5 aromatic rings. The van der Waals surface area contributed by atoms with Crippen molar-refractivity contribution >= 4 is 5.97 Å². The molecule has 1 aliphatic rings. The van der Waals surface area contributed by atoms with E-state index < -0.39 is 0 Å². The van der Waals surface area contributed by atoms with Crippen molar-refractivity contribution in [1.29, 1.82) is 0 Å². The fraction of sp³-hybridized carbons (Fsp3) is 0.324. The third-order valence-corrected chi connectivity index (χ3v) is 8.32. The second-order valence-electron chi connectivity index (χ2n) is 11.1. The molecule has 220 valence electrons. The third kappa shape index (κ3) is 5.43. The highest BCUT2D eigenvalue weighted by Crippen LogP contribution is 2.35. The zero-order valence-corrected chi connectivity index (χ0v) is 24.8. The van der Waals surface area contributed by atoms with Gasteiger partial charge in [-0.05, 0) is 72.7 Å². The van der Waals surface area contributed by atoms with Crippen molar-refractivity contribution in [3.63, 3.8) is 0 Å². The normalized spacial score (nSPS) is 16.2. The highest BCUT2D eigenvalue weighted by Gasteiger charge is 2.32. The van der Waals surface area contributed by atoms with Gasteiger partial charge in [0.2, 0.25) is 5.82 Å². The van der Waals surface area contributed by atoms with Crippen molar-refractivity contribution in [3.8, 4) is 22.5 Å². The molecule has 9 nitrogen and oxygen atoms in total. The molecule has 2 atom stereocenters. The number of nitrogens with one attached hydrogen (secondary N) is 1. The number of benzene rings is 3. The molecule has 43 heavy (non-hydrogen) atoms. The molecule has 0 amide bonds. The van der Waals surface area contributed by atoms with Crippen molar-refractivity contribution in [1.82, 2.24) is 30.0 Å². The molecule has 0 saturated carbocycles. The number of fused-ring (bicyclic) bond motifs is 1. The maximum absolute atomic E-state index is 14.3. The lowest BCUT2D eigenvalue weighted by Gasteiger charge is -2.33. The predicted octanol–water partition coefficient (Wildman–Crippen LogP) is 6.16.